The molecule has 3 rings (SSSR count). The van der Waals surface area contributed by atoms with Gasteiger partial charge in [0.2, 0.25) is 0 Å². The number of aryl methyl sites for hydroxylation is 1. The number of halogens is 1. The smallest absolute Gasteiger partial charge is 0.276 e. The summed E-state index contributed by atoms with van der Waals surface area (Å²) in [4.78, 5) is 14.4. The van der Waals surface area contributed by atoms with E-state index in [-0.39, 0.29) is 24.4 Å². The Kier molecular flexibility index (Phi) is 3.94. The van der Waals surface area contributed by atoms with E-state index in [0.717, 1.165) is 12.0 Å². The summed E-state index contributed by atoms with van der Waals surface area (Å²) < 4.78 is 23.2. The highest BCUT2D eigenvalue weighted by molar-refractivity contribution is 5.94. The second-order valence-electron chi connectivity index (χ2n) is 5.35. The molecule has 1 saturated heterocycles. The molecule has 0 N–H and O–H groups in total. The largest absolute Gasteiger partial charge is 0.380 e. The van der Waals surface area contributed by atoms with Gasteiger partial charge in [-0.1, -0.05) is 17.3 Å². The third-order valence-electron chi connectivity index (χ3n) is 4.01. The van der Waals surface area contributed by atoms with Crippen LogP contribution in [0.3, 0.4) is 0 Å². The predicted molar refractivity (Wildman–Crippen MR) is 76.7 cm³/mol. The number of hydrogen-bond acceptors (Lipinski definition) is 4. The molecule has 5 nitrogen and oxygen atoms in total. The fraction of sp³-hybridized carbons (Fsp3) is 0.375. The second-order valence-corrected chi connectivity index (χ2v) is 5.35. The summed E-state index contributed by atoms with van der Waals surface area (Å²) in [7, 11) is 1.56. The molecule has 2 aromatic rings. The minimum atomic E-state index is -0.282. The average Bonchev–Trinajstić information content (AvgIpc) is 2.82. The van der Waals surface area contributed by atoms with Gasteiger partial charge in [-0.2, -0.15) is 0 Å². The Labute approximate surface area is 127 Å². The molecular formula is C16H17FN2O3. The van der Waals surface area contributed by atoms with E-state index < -0.39 is 0 Å². The number of likely N-dealkylation sites (tertiary alicyclic amines) is 1. The Hall–Kier alpha value is -2.21. The number of aromatic nitrogens is 1. The van der Waals surface area contributed by atoms with Gasteiger partial charge in [-0.25, -0.2) is 4.39 Å². The molecule has 0 bridgehead atoms. The molecule has 1 aliphatic heterocycles. The van der Waals surface area contributed by atoms with E-state index in [2.05, 4.69) is 5.16 Å². The summed E-state index contributed by atoms with van der Waals surface area (Å²) in [5.74, 6) is 0.129. The van der Waals surface area contributed by atoms with E-state index in [1.165, 1.54) is 12.1 Å². The lowest BCUT2D eigenvalue weighted by molar-refractivity contribution is 0.0446. The predicted octanol–water partition coefficient (Wildman–Crippen LogP) is 2.86. The number of nitrogens with zero attached hydrogens (tertiary/aromatic N) is 2. The van der Waals surface area contributed by atoms with Crippen LogP contribution in [0, 0.1) is 12.7 Å². The van der Waals surface area contributed by atoms with Gasteiger partial charge in [-0.15, -0.1) is 0 Å². The number of methoxy groups -OCH3 is 1. The van der Waals surface area contributed by atoms with Gasteiger partial charge in [0, 0.05) is 13.7 Å². The van der Waals surface area contributed by atoms with Crippen molar-refractivity contribution in [2.24, 2.45) is 0 Å². The highest BCUT2D eigenvalue weighted by Gasteiger charge is 2.36. The molecule has 2 heterocycles. The van der Waals surface area contributed by atoms with Crippen molar-refractivity contribution in [2.75, 3.05) is 13.7 Å². The number of hydrogen-bond donors (Lipinski definition) is 0. The number of benzene rings is 1. The zero-order valence-electron chi connectivity index (χ0n) is 12.5. The summed E-state index contributed by atoms with van der Waals surface area (Å²) in [6, 6.07) is 6.20. The first-order valence-corrected chi connectivity index (χ1v) is 7.12. The van der Waals surface area contributed by atoms with E-state index in [4.69, 9.17) is 9.26 Å². The molecule has 6 heteroatoms. The van der Waals surface area contributed by atoms with E-state index in [1.807, 2.05) is 0 Å². The van der Waals surface area contributed by atoms with E-state index in [0.29, 0.717) is 23.6 Å². The van der Waals surface area contributed by atoms with Crippen LogP contribution >= 0.6 is 0 Å². The molecular weight excluding hydrogens is 287 g/mol. The molecule has 1 amide bonds. The van der Waals surface area contributed by atoms with Crippen LogP contribution in [-0.2, 0) is 11.3 Å². The fourth-order valence-electron chi connectivity index (χ4n) is 2.67. The molecule has 0 radical (unpaired) electrons. The molecule has 22 heavy (non-hydrogen) atoms. The molecule has 1 fully saturated rings. The minimum Gasteiger partial charge on any atom is -0.380 e. The Balaban J connectivity index is 1.82. The van der Waals surface area contributed by atoms with Crippen LogP contribution in [0.15, 0.2) is 28.8 Å². The maximum absolute atomic E-state index is 13.0. The molecule has 0 aliphatic carbocycles. The highest BCUT2D eigenvalue weighted by atomic mass is 19.1. The molecule has 1 aliphatic rings. The van der Waals surface area contributed by atoms with Crippen molar-refractivity contribution in [3.8, 4) is 0 Å². The van der Waals surface area contributed by atoms with E-state index in [9.17, 15) is 9.18 Å². The monoisotopic (exact) mass is 304 g/mol. The van der Waals surface area contributed by atoms with Gasteiger partial charge in [0.1, 0.15) is 11.6 Å². The molecule has 1 unspecified atom stereocenters. The average molecular weight is 304 g/mol. The van der Waals surface area contributed by atoms with Crippen molar-refractivity contribution >= 4 is 5.91 Å². The van der Waals surface area contributed by atoms with Crippen molar-refractivity contribution in [1.29, 1.82) is 0 Å². The van der Waals surface area contributed by atoms with Gasteiger partial charge in [-0.3, -0.25) is 4.79 Å². The Morgan fingerprint density at radius 3 is 2.77 bits per heavy atom. The highest BCUT2D eigenvalue weighted by Crippen LogP contribution is 2.35. The lowest BCUT2D eigenvalue weighted by atomic mass is 9.94. The van der Waals surface area contributed by atoms with E-state index >= 15 is 0 Å². The van der Waals surface area contributed by atoms with Crippen LogP contribution in [0.4, 0.5) is 4.39 Å². The number of carbonyl (C=O) groups excluding carboxylic acids is 1. The standard InChI is InChI=1S/C16H17FN2O3/c1-10-13(9-21-2)15(18-22-10)16(20)19-8-7-14(19)11-3-5-12(17)6-4-11/h3-6,14H,7-9H2,1-2H3. The maximum Gasteiger partial charge on any atom is 0.276 e. The molecule has 0 spiro atoms. The van der Waals surface area contributed by atoms with Crippen molar-refractivity contribution in [2.45, 2.75) is 26.0 Å². The third-order valence-corrected chi connectivity index (χ3v) is 4.01. The first kappa shape index (κ1) is 14.7. The summed E-state index contributed by atoms with van der Waals surface area (Å²) >= 11 is 0. The van der Waals surface area contributed by atoms with Crippen molar-refractivity contribution < 1.29 is 18.4 Å². The SMILES string of the molecule is COCc1c(C(=O)N2CCC2c2ccc(F)cc2)noc1C. The topological polar surface area (TPSA) is 55.6 Å². The molecule has 1 aromatic heterocycles. The van der Waals surface area contributed by atoms with Crippen LogP contribution < -0.4 is 0 Å². The van der Waals surface area contributed by atoms with E-state index in [1.54, 1.807) is 31.1 Å². The van der Waals surface area contributed by atoms with Gasteiger partial charge < -0.3 is 14.2 Å². The number of carbonyl (C=O) groups is 1. The van der Waals surface area contributed by atoms with Crippen molar-refractivity contribution in [3.63, 3.8) is 0 Å². The van der Waals surface area contributed by atoms with Crippen molar-refractivity contribution in [1.82, 2.24) is 10.1 Å². The fourth-order valence-corrected chi connectivity index (χ4v) is 2.67. The Bertz CT molecular complexity index is 681. The Morgan fingerprint density at radius 2 is 2.18 bits per heavy atom. The van der Waals surface area contributed by atoms with Crippen LogP contribution in [0.5, 0.6) is 0 Å². The molecule has 1 aromatic carbocycles. The normalized spacial score (nSPS) is 17.4. The lowest BCUT2D eigenvalue weighted by Gasteiger charge is -2.41. The van der Waals surface area contributed by atoms with Gasteiger partial charge in [-0.05, 0) is 31.0 Å². The zero-order chi connectivity index (χ0) is 15.7. The second kappa shape index (κ2) is 5.88. The molecule has 1 atom stereocenters. The first-order chi connectivity index (χ1) is 10.6. The van der Waals surface area contributed by atoms with Crippen LogP contribution in [0.2, 0.25) is 0 Å². The number of rotatable bonds is 4. The van der Waals surface area contributed by atoms with Gasteiger partial charge in [0.05, 0.1) is 18.2 Å². The van der Waals surface area contributed by atoms with Gasteiger partial charge in [0.25, 0.3) is 5.91 Å². The maximum atomic E-state index is 13.0. The van der Waals surface area contributed by atoms with Crippen molar-refractivity contribution in [3.05, 3.63) is 52.7 Å². The summed E-state index contributed by atoms with van der Waals surface area (Å²) in [6.07, 6.45) is 0.855. The zero-order valence-corrected chi connectivity index (χ0v) is 12.5. The van der Waals surface area contributed by atoms with Crippen LogP contribution in [0.25, 0.3) is 0 Å². The van der Waals surface area contributed by atoms with Crippen LogP contribution in [0.1, 0.15) is 39.8 Å². The lowest BCUT2D eigenvalue weighted by Crippen LogP contribution is -2.45. The summed E-state index contributed by atoms with van der Waals surface area (Å²) in [5, 5.41) is 3.87. The van der Waals surface area contributed by atoms with Crippen LogP contribution in [-0.4, -0.2) is 29.6 Å². The van der Waals surface area contributed by atoms with Gasteiger partial charge in [0.15, 0.2) is 5.69 Å². The number of ether oxygens (including phenoxy) is 1. The minimum absolute atomic E-state index is 0.0412. The van der Waals surface area contributed by atoms with Gasteiger partial charge >= 0.3 is 0 Å². The summed E-state index contributed by atoms with van der Waals surface area (Å²) in [5.41, 5.74) is 1.90. The molecule has 116 valence electrons. The third kappa shape index (κ3) is 2.50. The number of amides is 1. The quantitative estimate of drug-likeness (QED) is 0.871. The molecule has 0 saturated carbocycles. The summed E-state index contributed by atoms with van der Waals surface area (Å²) in [6.45, 7) is 2.69. The first-order valence-electron chi connectivity index (χ1n) is 7.12. The Morgan fingerprint density at radius 1 is 1.45 bits per heavy atom.